The van der Waals surface area contributed by atoms with Crippen LogP contribution in [-0.4, -0.2) is 28.6 Å². The molecule has 26 heavy (non-hydrogen) atoms. The molecule has 0 N–H and O–H groups in total. The molecule has 2 aliphatic heterocycles. The van der Waals surface area contributed by atoms with E-state index in [-0.39, 0.29) is 0 Å². The lowest BCUT2D eigenvalue weighted by molar-refractivity contribution is 0.0972. The third kappa shape index (κ3) is 3.08. The summed E-state index contributed by atoms with van der Waals surface area (Å²) in [6.07, 6.45) is 7.71. The van der Waals surface area contributed by atoms with Gasteiger partial charge in [-0.1, -0.05) is 30.3 Å². The lowest BCUT2D eigenvalue weighted by Crippen LogP contribution is -2.48. The number of aromatic nitrogens is 1. The van der Waals surface area contributed by atoms with Crippen LogP contribution in [0, 0.1) is 11.3 Å². The molecule has 0 saturated carbocycles. The Bertz CT molecular complexity index is 785. The first-order chi connectivity index (χ1) is 12.7. The van der Waals surface area contributed by atoms with Crippen LogP contribution in [0.25, 0.3) is 0 Å². The number of piperidine rings is 1. The third-order valence-corrected chi connectivity index (χ3v) is 5.94. The van der Waals surface area contributed by atoms with Gasteiger partial charge in [-0.25, -0.2) is 0 Å². The number of pyridine rings is 1. The van der Waals surface area contributed by atoms with Crippen molar-refractivity contribution in [3.63, 3.8) is 0 Å². The maximum Gasteiger partial charge on any atom is 0.137 e. The molecule has 2 fully saturated rings. The van der Waals surface area contributed by atoms with Gasteiger partial charge in [0, 0.05) is 24.8 Å². The fraction of sp³-hybridized carbons (Fsp3) is 0.455. The second-order valence-corrected chi connectivity index (χ2v) is 7.49. The summed E-state index contributed by atoms with van der Waals surface area (Å²) in [5, 5.41) is 10.1. The summed E-state index contributed by atoms with van der Waals surface area (Å²) >= 11 is 0. The number of rotatable bonds is 5. The van der Waals surface area contributed by atoms with Crippen molar-refractivity contribution in [2.45, 2.75) is 56.7 Å². The molecule has 1 aromatic carbocycles. The van der Waals surface area contributed by atoms with Gasteiger partial charge >= 0.3 is 0 Å². The summed E-state index contributed by atoms with van der Waals surface area (Å²) < 4.78 is 5.61. The van der Waals surface area contributed by atoms with Crippen molar-refractivity contribution in [1.82, 2.24) is 9.88 Å². The molecular weight excluding hydrogens is 322 g/mol. The van der Waals surface area contributed by atoms with Gasteiger partial charge in [0.15, 0.2) is 0 Å². The molecule has 2 saturated heterocycles. The molecule has 1 aromatic heterocycles. The lowest BCUT2D eigenvalue weighted by Gasteiger charge is -2.43. The average Bonchev–Trinajstić information content (AvgIpc) is 2.91. The number of nitrogens with zero attached hydrogens (tertiary/aromatic N) is 3. The van der Waals surface area contributed by atoms with Crippen LogP contribution in [0.3, 0.4) is 0 Å². The quantitative estimate of drug-likeness (QED) is 0.818. The Labute approximate surface area is 155 Å². The van der Waals surface area contributed by atoms with Gasteiger partial charge in [0.2, 0.25) is 0 Å². The minimum absolute atomic E-state index is 0.445. The van der Waals surface area contributed by atoms with Crippen LogP contribution in [0.2, 0.25) is 0 Å². The number of hydrogen-bond acceptors (Lipinski definition) is 4. The zero-order valence-corrected chi connectivity index (χ0v) is 15.3. The summed E-state index contributed by atoms with van der Waals surface area (Å²) in [7, 11) is 0. The Hall–Kier alpha value is -2.38. The fourth-order valence-corrected chi connectivity index (χ4v) is 4.71. The average molecular weight is 347 g/mol. The highest BCUT2D eigenvalue weighted by molar-refractivity contribution is 5.37. The predicted molar refractivity (Wildman–Crippen MR) is 101 cm³/mol. The highest BCUT2D eigenvalue weighted by Crippen LogP contribution is 2.47. The van der Waals surface area contributed by atoms with Crippen LogP contribution in [-0.2, 0) is 12.0 Å². The number of hydrogen-bond donors (Lipinski definition) is 0. The zero-order valence-electron chi connectivity index (χ0n) is 15.3. The molecule has 0 aliphatic carbocycles. The van der Waals surface area contributed by atoms with Crippen LogP contribution < -0.4 is 4.74 Å². The summed E-state index contributed by atoms with van der Waals surface area (Å²) in [5.74, 6) is 0.763. The van der Waals surface area contributed by atoms with Crippen LogP contribution in [0.1, 0.15) is 43.7 Å². The van der Waals surface area contributed by atoms with Crippen LogP contribution in [0.4, 0.5) is 0 Å². The Balaban J connectivity index is 1.58. The summed E-state index contributed by atoms with van der Waals surface area (Å²) in [5.41, 5.74) is 1.93. The van der Waals surface area contributed by atoms with Gasteiger partial charge in [-0.2, -0.15) is 5.26 Å². The predicted octanol–water partition coefficient (Wildman–Crippen LogP) is 4.07. The van der Waals surface area contributed by atoms with Gasteiger partial charge < -0.3 is 4.74 Å². The first-order valence-corrected chi connectivity index (χ1v) is 9.53. The molecule has 0 radical (unpaired) electrons. The number of nitriles is 1. The Kier molecular flexibility index (Phi) is 4.65. The minimum atomic E-state index is -0.445. The first-order valence-electron chi connectivity index (χ1n) is 9.53. The van der Waals surface area contributed by atoms with E-state index in [0.717, 1.165) is 30.7 Å². The highest BCUT2D eigenvalue weighted by Gasteiger charge is 2.49. The smallest absolute Gasteiger partial charge is 0.137 e. The monoisotopic (exact) mass is 347 g/mol. The number of ether oxygens (including phenoxy) is 1. The van der Waals surface area contributed by atoms with Crippen LogP contribution in [0.15, 0.2) is 48.8 Å². The van der Waals surface area contributed by atoms with Crippen molar-refractivity contribution < 1.29 is 4.74 Å². The van der Waals surface area contributed by atoms with E-state index >= 15 is 0 Å². The van der Waals surface area contributed by atoms with Gasteiger partial charge in [0.25, 0.3) is 0 Å². The van der Waals surface area contributed by atoms with E-state index in [4.69, 9.17) is 4.74 Å². The van der Waals surface area contributed by atoms with Crippen molar-refractivity contribution in [3.8, 4) is 11.8 Å². The van der Waals surface area contributed by atoms with Gasteiger partial charge in [-0.05, 0) is 49.8 Å². The number of benzene rings is 1. The molecule has 2 bridgehead atoms. The lowest BCUT2D eigenvalue weighted by atomic mass is 9.71. The normalized spacial score (nSPS) is 27.8. The van der Waals surface area contributed by atoms with Gasteiger partial charge in [0.05, 0.1) is 24.3 Å². The molecule has 2 aromatic rings. The molecule has 4 heteroatoms. The zero-order chi connectivity index (χ0) is 18.0. The van der Waals surface area contributed by atoms with Crippen molar-refractivity contribution in [3.05, 3.63) is 59.9 Å². The molecule has 2 atom stereocenters. The maximum atomic E-state index is 10.1. The molecule has 3 heterocycles. The van der Waals surface area contributed by atoms with E-state index < -0.39 is 5.41 Å². The molecule has 0 amide bonds. The molecule has 2 unspecified atom stereocenters. The van der Waals surface area contributed by atoms with Crippen LogP contribution >= 0.6 is 0 Å². The summed E-state index contributed by atoms with van der Waals surface area (Å²) in [6.45, 7) is 3.56. The minimum Gasteiger partial charge on any atom is -0.492 e. The largest absolute Gasteiger partial charge is 0.492 e. The standard InChI is InChI=1S/C22H25N3O/c1-2-26-21-10-18(13-24-14-21)22(16-23)11-19-8-9-20(12-22)25(19)15-17-6-4-3-5-7-17/h3-7,10,13-14,19-20H,2,8-9,11-12,15H2,1H3. The van der Waals surface area contributed by atoms with Crippen LogP contribution in [0.5, 0.6) is 5.75 Å². The van der Waals surface area contributed by atoms with Gasteiger partial charge in [-0.15, -0.1) is 0 Å². The Morgan fingerprint density at radius 2 is 1.92 bits per heavy atom. The third-order valence-electron chi connectivity index (χ3n) is 5.94. The SMILES string of the molecule is CCOc1cncc(C2(C#N)CC3CCC(C2)N3Cc2ccccc2)c1. The molecule has 4 rings (SSSR count). The molecule has 4 nitrogen and oxygen atoms in total. The van der Waals surface area contributed by atoms with Gasteiger partial charge in [-0.3, -0.25) is 9.88 Å². The Morgan fingerprint density at radius 3 is 2.58 bits per heavy atom. The first kappa shape index (κ1) is 17.1. The van der Waals surface area contributed by atoms with E-state index in [9.17, 15) is 5.26 Å². The molecule has 2 aliphatic rings. The molecule has 0 spiro atoms. The van der Waals surface area contributed by atoms with E-state index in [1.165, 1.54) is 18.4 Å². The van der Waals surface area contributed by atoms with Crippen molar-refractivity contribution in [1.29, 1.82) is 5.26 Å². The van der Waals surface area contributed by atoms with E-state index in [1.807, 2.05) is 19.2 Å². The number of fused-ring (bicyclic) bond motifs is 2. The van der Waals surface area contributed by atoms with Crippen molar-refractivity contribution >= 4 is 0 Å². The summed E-state index contributed by atoms with van der Waals surface area (Å²) in [6, 6.07) is 16.3. The van der Waals surface area contributed by atoms with E-state index in [2.05, 4.69) is 46.3 Å². The second-order valence-electron chi connectivity index (χ2n) is 7.49. The molecule has 134 valence electrons. The Morgan fingerprint density at radius 1 is 1.19 bits per heavy atom. The highest BCUT2D eigenvalue weighted by atomic mass is 16.5. The topological polar surface area (TPSA) is 49.1 Å². The molecular formula is C22H25N3O. The summed E-state index contributed by atoms with van der Waals surface area (Å²) in [4.78, 5) is 6.95. The maximum absolute atomic E-state index is 10.1. The van der Waals surface area contributed by atoms with E-state index in [1.54, 1.807) is 6.20 Å². The fourth-order valence-electron chi connectivity index (χ4n) is 4.71. The van der Waals surface area contributed by atoms with Crippen molar-refractivity contribution in [2.24, 2.45) is 0 Å². The second kappa shape index (κ2) is 7.09. The van der Waals surface area contributed by atoms with Crippen molar-refractivity contribution in [2.75, 3.05) is 6.61 Å². The van der Waals surface area contributed by atoms with E-state index in [0.29, 0.717) is 18.7 Å². The van der Waals surface area contributed by atoms with Gasteiger partial charge in [0.1, 0.15) is 5.75 Å².